The number of nitrogens with two attached hydrogens (primary N) is 2. The van der Waals surface area contributed by atoms with Crippen molar-refractivity contribution < 1.29 is 9.53 Å². The van der Waals surface area contributed by atoms with Gasteiger partial charge in [-0.05, 0) is 42.5 Å². The van der Waals surface area contributed by atoms with E-state index >= 15 is 0 Å². The van der Waals surface area contributed by atoms with Crippen LogP contribution in [0.4, 0.5) is 5.69 Å². The number of rotatable bonds is 3. The molecule has 0 spiro atoms. The van der Waals surface area contributed by atoms with Crippen LogP contribution in [0.3, 0.4) is 0 Å². The summed E-state index contributed by atoms with van der Waals surface area (Å²) in [5, 5.41) is 8.79. The van der Waals surface area contributed by atoms with Crippen molar-refractivity contribution in [3.63, 3.8) is 0 Å². The summed E-state index contributed by atoms with van der Waals surface area (Å²) < 4.78 is 5.19. The predicted octanol–water partition coefficient (Wildman–Crippen LogP) is 2.10. The maximum atomic E-state index is 12.0. The number of benzene rings is 2. The molecule has 2 aromatic rings. The summed E-state index contributed by atoms with van der Waals surface area (Å²) in [5.74, 6) is -0.271. The van der Waals surface area contributed by atoms with Crippen LogP contribution >= 0.6 is 12.4 Å². The van der Waals surface area contributed by atoms with Gasteiger partial charge in [-0.2, -0.15) is 5.26 Å². The van der Waals surface area contributed by atoms with E-state index in [4.69, 9.17) is 21.5 Å². The summed E-state index contributed by atoms with van der Waals surface area (Å²) in [5.41, 5.74) is 11.8. The monoisotopic (exact) mass is 316 g/mol. The highest BCUT2D eigenvalue weighted by Crippen LogP contribution is 2.17. The van der Waals surface area contributed by atoms with E-state index in [1.54, 1.807) is 42.5 Å². The van der Waals surface area contributed by atoms with Crippen molar-refractivity contribution in [2.45, 2.75) is 0 Å². The molecule has 2 rings (SSSR count). The molecule has 0 aromatic heterocycles. The maximum Gasteiger partial charge on any atom is 0.343 e. The van der Waals surface area contributed by atoms with Crippen LogP contribution in [0.25, 0.3) is 0 Å². The summed E-state index contributed by atoms with van der Waals surface area (Å²) in [6.07, 6.45) is 0. The molecule has 0 saturated carbocycles. The molecule has 0 radical (unpaired) electrons. The van der Waals surface area contributed by atoms with Crippen LogP contribution < -0.4 is 16.2 Å². The molecular formula is C15H13ClN4O2. The van der Waals surface area contributed by atoms with Crippen LogP contribution in [0, 0.1) is 11.3 Å². The molecule has 7 heteroatoms. The number of hydrogen-bond acceptors (Lipinski definition) is 4. The second-order valence-electron chi connectivity index (χ2n) is 4.11. The number of guanidine groups is 1. The molecule has 2 aromatic carbocycles. The molecule has 112 valence electrons. The minimum atomic E-state index is -0.527. The van der Waals surface area contributed by atoms with Crippen LogP contribution in [-0.4, -0.2) is 11.9 Å². The van der Waals surface area contributed by atoms with Crippen LogP contribution in [0.15, 0.2) is 53.5 Å². The molecule has 0 fully saturated rings. The normalized spacial score (nSPS) is 9.05. The first-order valence-electron chi connectivity index (χ1n) is 6.00. The van der Waals surface area contributed by atoms with E-state index in [9.17, 15) is 4.79 Å². The van der Waals surface area contributed by atoms with Crippen molar-refractivity contribution in [1.29, 1.82) is 5.26 Å². The van der Waals surface area contributed by atoms with E-state index in [0.717, 1.165) is 0 Å². The maximum absolute atomic E-state index is 12.0. The summed E-state index contributed by atoms with van der Waals surface area (Å²) in [4.78, 5) is 15.8. The Morgan fingerprint density at radius 1 is 1.14 bits per heavy atom. The molecule has 0 aliphatic carbocycles. The van der Waals surface area contributed by atoms with E-state index in [1.807, 2.05) is 6.07 Å². The highest BCUT2D eigenvalue weighted by molar-refractivity contribution is 5.91. The van der Waals surface area contributed by atoms with Gasteiger partial charge in [0.05, 0.1) is 22.9 Å². The third-order valence-electron chi connectivity index (χ3n) is 2.53. The first-order valence-corrected chi connectivity index (χ1v) is 6.00. The van der Waals surface area contributed by atoms with Crippen LogP contribution in [-0.2, 0) is 0 Å². The van der Waals surface area contributed by atoms with Gasteiger partial charge in [-0.3, -0.25) is 0 Å². The Balaban J connectivity index is 0.00000242. The molecule has 0 aliphatic rings. The van der Waals surface area contributed by atoms with Gasteiger partial charge >= 0.3 is 5.97 Å². The zero-order valence-electron chi connectivity index (χ0n) is 11.4. The zero-order valence-corrected chi connectivity index (χ0v) is 12.2. The van der Waals surface area contributed by atoms with E-state index in [-0.39, 0.29) is 18.4 Å². The Labute approximate surface area is 133 Å². The van der Waals surface area contributed by atoms with Gasteiger partial charge in [-0.1, -0.05) is 6.07 Å². The summed E-state index contributed by atoms with van der Waals surface area (Å²) in [6, 6.07) is 14.6. The fraction of sp³-hybridized carbons (Fsp3) is 0. The number of ether oxygens (including phenoxy) is 1. The number of aliphatic imine (C=N–C) groups is 1. The molecule has 6 nitrogen and oxygen atoms in total. The molecule has 0 unspecified atom stereocenters. The van der Waals surface area contributed by atoms with Crippen molar-refractivity contribution in [2.24, 2.45) is 16.5 Å². The van der Waals surface area contributed by atoms with Gasteiger partial charge in [0.15, 0.2) is 5.96 Å². The standard InChI is InChI=1S/C15H12N4O2.ClH/c16-9-10-2-1-3-13(8-10)21-14(20)11-4-6-12(7-5-11)19-15(17)18;/h1-8H,(H4,17,18,19);1H. The van der Waals surface area contributed by atoms with E-state index in [0.29, 0.717) is 22.6 Å². The smallest absolute Gasteiger partial charge is 0.343 e. The highest BCUT2D eigenvalue weighted by atomic mass is 35.5. The lowest BCUT2D eigenvalue weighted by molar-refractivity contribution is 0.0735. The number of carbonyl (C=O) groups is 1. The molecule has 0 aliphatic heterocycles. The lowest BCUT2D eigenvalue weighted by atomic mass is 10.2. The van der Waals surface area contributed by atoms with Crippen molar-refractivity contribution in [2.75, 3.05) is 0 Å². The number of hydrogen-bond donors (Lipinski definition) is 2. The van der Waals surface area contributed by atoms with Gasteiger partial charge in [-0.25, -0.2) is 9.79 Å². The number of nitrogens with zero attached hydrogens (tertiary/aromatic N) is 2. The predicted molar refractivity (Wildman–Crippen MR) is 85.3 cm³/mol. The fourth-order valence-corrected chi connectivity index (χ4v) is 1.62. The molecule has 0 bridgehead atoms. The molecule has 4 N–H and O–H groups in total. The minimum absolute atomic E-state index is 0. The fourth-order valence-electron chi connectivity index (χ4n) is 1.62. The van der Waals surface area contributed by atoms with Crippen molar-refractivity contribution in [3.05, 3.63) is 59.7 Å². The Kier molecular flexibility index (Phi) is 5.93. The Morgan fingerprint density at radius 2 is 1.82 bits per heavy atom. The third-order valence-corrected chi connectivity index (χ3v) is 2.53. The Hall–Kier alpha value is -3.04. The zero-order chi connectivity index (χ0) is 15.2. The Bertz CT molecular complexity index is 732. The quantitative estimate of drug-likeness (QED) is 0.389. The minimum Gasteiger partial charge on any atom is -0.423 e. The lowest BCUT2D eigenvalue weighted by Gasteiger charge is -2.04. The number of nitriles is 1. The average molecular weight is 317 g/mol. The SMILES string of the molecule is Cl.N#Cc1cccc(OC(=O)c2ccc(N=C(N)N)cc2)c1. The molecule has 0 saturated heterocycles. The molecule has 0 heterocycles. The summed E-state index contributed by atoms with van der Waals surface area (Å²) >= 11 is 0. The highest BCUT2D eigenvalue weighted by Gasteiger charge is 2.08. The second kappa shape index (κ2) is 7.67. The molecular weight excluding hydrogens is 304 g/mol. The van der Waals surface area contributed by atoms with Gasteiger partial charge in [0.25, 0.3) is 0 Å². The van der Waals surface area contributed by atoms with E-state index in [2.05, 4.69) is 4.99 Å². The lowest BCUT2D eigenvalue weighted by Crippen LogP contribution is -2.21. The largest absolute Gasteiger partial charge is 0.423 e. The topological polar surface area (TPSA) is 114 Å². The first-order chi connectivity index (χ1) is 10.1. The molecule has 0 atom stereocenters. The number of esters is 1. The summed E-state index contributed by atoms with van der Waals surface area (Å²) in [6.45, 7) is 0. The summed E-state index contributed by atoms with van der Waals surface area (Å²) in [7, 11) is 0. The Morgan fingerprint density at radius 3 is 2.41 bits per heavy atom. The molecule has 22 heavy (non-hydrogen) atoms. The third kappa shape index (κ3) is 4.51. The van der Waals surface area contributed by atoms with Crippen LogP contribution in [0.5, 0.6) is 5.75 Å². The van der Waals surface area contributed by atoms with Crippen LogP contribution in [0.1, 0.15) is 15.9 Å². The number of carbonyl (C=O) groups excluding carboxylic acids is 1. The van der Waals surface area contributed by atoms with Gasteiger partial charge in [0.2, 0.25) is 0 Å². The van der Waals surface area contributed by atoms with E-state index < -0.39 is 5.97 Å². The van der Waals surface area contributed by atoms with E-state index in [1.165, 1.54) is 6.07 Å². The van der Waals surface area contributed by atoms with Crippen molar-refractivity contribution >= 4 is 30.0 Å². The molecule has 0 amide bonds. The second-order valence-corrected chi connectivity index (χ2v) is 4.11. The van der Waals surface area contributed by atoms with Gasteiger partial charge in [-0.15, -0.1) is 12.4 Å². The van der Waals surface area contributed by atoms with Crippen molar-refractivity contribution in [1.82, 2.24) is 0 Å². The van der Waals surface area contributed by atoms with Gasteiger partial charge in [0.1, 0.15) is 5.75 Å². The average Bonchev–Trinajstić information content (AvgIpc) is 2.47. The van der Waals surface area contributed by atoms with Gasteiger partial charge in [0, 0.05) is 0 Å². The van der Waals surface area contributed by atoms with Crippen LogP contribution in [0.2, 0.25) is 0 Å². The number of halogens is 1. The first kappa shape index (κ1) is 17.0. The van der Waals surface area contributed by atoms with Gasteiger partial charge < -0.3 is 16.2 Å². The van der Waals surface area contributed by atoms with Crippen molar-refractivity contribution in [3.8, 4) is 11.8 Å².